The third-order valence-electron chi connectivity index (χ3n) is 11.2. The van der Waals surface area contributed by atoms with Gasteiger partial charge in [-0.1, -0.05) is 259 Å². The van der Waals surface area contributed by atoms with Crippen molar-refractivity contribution in [2.24, 2.45) is 0 Å². The van der Waals surface area contributed by atoms with Gasteiger partial charge in [0.15, 0.2) is 0 Å². The first-order valence-corrected chi connectivity index (χ1v) is 35.4. The average molecular weight is 1220 g/mol. The van der Waals surface area contributed by atoms with E-state index in [2.05, 4.69) is 34.6 Å². The molecule has 0 N–H and O–H groups in total. The van der Waals surface area contributed by atoms with Crippen molar-refractivity contribution in [1.82, 2.24) is 0 Å². The summed E-state index contributed by atoms with van der Waals surface area (Å²) in [6.07, 6.45) is 43.3. The van der Waals surface area contributed by atoms with Crippen LogP contribution in [0.2, 0.25) is 0 Å². The maximum absolute atomic E-state index is 10.2. The van der Waals surface area contributed by atoms with Crippen LogP contribution in [0, 0.1) is 0 Å². The van der Waals surface area contributed by atoms with Gasteiger partial charge in [-0.15, -0.1) is 0 Å². The molecule has 0 amide bonds. The van der Waals surface area contributed by atoms with Crippen LogP contribution in [0.3, 0.4) is 0 Å². The van der Waals surface area contributed by atoms with E-state index in [0.717, 1.165) is 64.2 Å². The Kier molecular flexibility index (Phi) is 101. The normalized spacial score (nSPS) is 11.1. The third kappa shape index (κ3) is 130. The fraction of sp³-hybridized carbons (Fsp3) is 1.00. The topological polar surface area (TPSA) is 286 Å². The molecular weight excluding hydrogens is 1120 g/mol. The van der Waals surface area contributed by atoms with E-state index in [0.29, 0.717) is 32.1 Å². The maximum Gasteiger partial charge on any atom is 1.00 e. The molecule has 0 saturated heterocycles. The van der Waals surface area contributed by atoms with Crippen molar-refractivity contribution in [3.05, 3.63) is 0 Å². The van der Waals surface area contributed by atoms with Crippen molar-refractivity contribution in [3.8, 4) is 0 Å². The molecule has 0 aromatic carbocycles. The van der Waals surface area contributed by atoms with Crippen LogP contribution < -0.4 is 148 Å². The quantitative estimate of drug-likeness (QED) is 0.0376. The van der Waals surface area contributed by atoms with E-state index in [1.807, 2.05) is 0 Å². The zero-order valence-electron chi connectivity index (χ0n) is 50.0. The standard InChI is InChI=1S/5C10H22O3S.5Na/c5*1-2-3-4-5-6-7-8-9-10-14(11,12)13;;;;;/h5*2-10H2,1H3,(H,11,12,13);;;;;/q;;;;;5*+1/p-5. The van der Waals surface area contributed by atoms with E-state index in [-0.39, 0.29) is 177 Å². The Bertz CT molecular complexity index is 1350. The zero-order valence-corrected chi connectivity index (χ0v) is 64.1. The summed E-state index contributed by atoms with van der Waals surface area (Å²) in [5, 5.41) is 0. The second-order valence-corrected chi connectivity index (χ2v) is 26.3. The van der Waals surface area contributed by atoms with Crippen LogP contribution in [0.4, 0.5) is 0 Å². The second-order valence-electron chi connectivity index (χ2n) is 18.7. The Labute approximate surface area is 575 Å². The largest absolute Gasteiger partial charge is 1.00 e. The van der Waals surface area contributed by atoms with Crippen molar-refractivity contribution in [2.75, 3.05) is 28.8 Å². The minimum atomic E-state index is -3.98. The van der Waals surface area contributed by atoms with E-state index < -0.39 is 50.6 Å². The van der Waals surface area contributed by atoms with E-state index in [1.165, 1.54) is 161 Å². The Morgan fingerprint density at radius 3 is 0.333 bits per heavy atom. The maximum atomic E-state index is 10.2. The Morgan fingerprint density at radius 1 is 0.173 bits per heavy atom. The van der Waals surface area contributed by atoms with Crippen LogP contribution in [0.15, 0.2) is 0 Å². The summed E-state index contributed by atoms with van der Waals surface area (Å²) in [6, 6.07) is 0. The zero-order chi connectivity index (χ0) is 54.3. The second kappa shape index (κ2) is 74.6. The molecule has 0 spiro atoms. The van der Waals surface area contributed by atoms with Gasteiger partial charge >= 0.3 is 148 Å². The van der Waals surface area contributed by atoms with E-state index in [1.54, 1.807) is 0 Å². The molecule has 0 fully saturated rings. The fourth-order valence-electron chi connectivity index (χ4n) is 7.06. The van der Waals surface area contributed by atoms with Crippen molar-refractivity contribution in [1.29, 1.82) is 0 Å². The van der Waals surface area contributed by atoms with Crippen molar-refractivity contribution in [3.63, 3.8) is 0 Å². The van der Waals surface area contributed by atoms with Gasteiger partial charge in [-0.25, -0.2) is 42.1 Å². The summed E-state index contributed by atoms with van der Waals surface area (Å²) in [5.41, 5.74) is 0. The number of hydrogen-bond donors (Lipinski definition) is 0. The molecular formula is C50H105Na5O15S5. The Balaban J connectivity index is -0.0000000866. The van der Waals surface area contributed by atoms with Gasteiger partial charge in [0, 0.05) is 28.8 Å². The molecule has 25 heteroatoms. The van der Waals surface area contributed by atoms with Crippen LogP contribution in [0.25, 0.3) is 0 Å². The van der Waals surface area contributed by atoms with Gasteiger partial charge < -0.3 is 22.8 Å². The van der Waals surface area contributed by atoms with E-state index >= 15 is 0 Å². The van der Waals surface area contributed by atoms with Gasteiger partial charge in [0.1, 0.15) is 0 Å². The Hall–Kier alpha value is 4.55. The predicted octanol–water partition coefficient (Wildman–Crippen LogP) is -1.62. The van der Waals surface area contributed by atoms with Gasteiger partial charge in [0.05, 0.1) is 50.6 Å². The summed E-state index contributed by atoms with van der Waals surface area (Å²) in [5.74, 6) is -0.963. The van der Waals surface area contributed by atoms with E-state index in [4.69, 9.17) is 0 Å². The SMILES string of the molecule is CCCCCCCCCCS(=O)(=O)[O-].CCCCCCCCCCS(=O)(=O)[O-].CCCCCCCCCCS(=O)(=O)[O-].CCCCCCCCCCS(=O)(=O)[O-].CCCCCCCCCCS(=O)(=O)[O-].[Na+].[Na+].[Na+].[Na+].[Na+]. The van der Waals surface area contributed by atoms with Crippen LogP contribution in [-0.4, -0.2) is 93.6 Å². The summed E-state index contributed by atoms with van der Waals surface area (Å²) in [4.78, 5) is 0. The van der Waals surface area contributed by atoms with Gasteiger partial charge in [0.2, 0.25) is 0 Å². The van der Waals surface area contributed by atoms with Crippen LogP contribution in [0.1, 0.15) is 291 Å². The van der Waals surface area contributed by atoms with Gasteiger partial charge in [0.25, 0.3) is 0 Å². The van der Waals surface area contributed by atoms with Crippen LogP contribution in [-0.2, 0) is 50.6 Å². The summed E-state index contributed by atoms with van der Waals surface area (Å²) >= 11 is 0. The fourth-order valence-corrected chi connectivity index (χ4v) is 9.85. The molecule has 0 aliphatic heterocycles. The molecule has 15 nitrogen and oxygen atoms in total. The van der Waals surface area contributed by atoms with Gasteiger partial charge in [-0.2, -0.15) is 0 Å². The molecule has 430 valence electrons. The van der Waals surface area contributed by atoms with Crippen molar-refractivity contribution < 1.29 is 213 Å². The van der Waals surface area contributed by atoms with Gasteiger partial charge in [-0.05, 0) is 32.1 Å². The molecule has 0 aliphatic carbocycles. The molecule has 0 rings (SSSR count). The molecule has 75 heavy (non-hydrogen) atoms. The third-order valence-corrected chi connectivity index (χ3v) is 15.2. The molecule has 0 unspecified atom stereocenters. The summed E-state index contributed by atoms with van der Waals surface area (Å²) in [7, 11) is -19.9. The summed E-state index contributed by atoms with van der Waals surface area (Å²) in [6.45, 7) is 10.9. The molecule has 0 bridgehead atoms. The number of hydrogen-bond acceptors (Lipinski definition) is 15. The Morgan fingerprint density at radius 2 is 0.253 bits per heavy atom. The molecule has 0 aromatic heterocycles. The molecule has 0 aromatic rings. The minimum Gasteiger partial charge on any atom is -0.748 e. The molecule has 0 radical (unpaired) electrons. The van der Waals surface area contributed by atoms with E-state index in [9.17, 15) is 64.9 Å². The van der Waals surface area contributed by atoms with Gasteiger partial charge in [-0.3, -0.25) is 0 Å². The number of rotatable bonds is 45. The van der Waals surface area contributed by atoms with Crippen molar-refractivity contribution in [2.45, 2.75) is 291 Å². The first-order chi connectivity index (χ1) is 32.8. The molecule has 0 aliphatic rings. The molecule has 0 atom stereocenters. The minimum absolute atomic E-state index is 0. The molecule has 0 heterocycles. The first kappa shape index (κ1) is 101. The first-order valence-electron chi connectivity index (χ1n) is 27.5. The monoisotopic (exact) mass is 1220 g/mol. The smallest absolute Gasteiger partial charge is 0.748 e. The predicted molar refractivity (Wildman–Crippen MR) is 286 cm³/mol. The van der Waals surface area contributed by atoms with Crippen LogP contribution in [0.5, 0.6) is 0 Å². The summed E-state index contributed by atoms with van der Waals surface area (Å²) < 4.78 is 154. The average Bonchev–Trinajstić information content (AvgIpc) is 3.25. The van der Waals surface area contributed by atoms with Crippen LogP contribution >= 0.6 is 0 Å². The molecule has 0 saturated carbocycles. The van der Waals surface area contributed by atoms with Crippen molar-refractivity contribution >= 4 is 50.6 Å². The number of unbranched alkanes of at least 4 members (excludes halogenated alkanes) is 35.